The van der Waals surface area contributed by atoms with Gasteiger partial charge in [-0.15, -0.1) is 0 Å². The summed E-state index contributed by atoms with van der Waals surface area (Å²) in [7, 11) is 0. The van der Waals surface area contributed by atoms with Crippen molar-refractivity contribution in [2.45, 2.75) is 105 Å². The van der Waals surface area contributed by atoms with Crippen molar-refractivity contribution in [2.75, 3.05) is 0 Å². The van der Waals surface area contributed by atoms with E-state index in [9.17, 15) is 24.0 Å². The highest BCUT2D eigenvalue weighted by Gasteiger charge is 2.17. The van der Waals surface area contributed by atoms with Crippen LogP contribution in [-0.4, -0.2) is 85.6 Å². The molecule has 0 radical (unpaired) electrons. The zero-order valence-electron chi connectivity index (χ0n) is 24.4. The molecule has 0 amide bonds. The zero-order valence-corrected chi connectivity index (χ0v) is 24.4. The molecule has 15 heteroatoms. The minimum absolute atomic E-state index is 0.0208. The Labute approximate surface area is 231 Å². The number of nitrogens with two attached hydrogens (primary N) is 5. The third-order valence-corrected chi connectivity index (χ3v) is 4.73. The Balaban J connectivity index is -0.000000124. The summed E-state index contributed by atoms with van der Waals surface area (Å²) in [4.78, 5) is 49.7. The Bertz CT molecular complexity index is 690. The molecule has 6 unspecified atom stereocenters. The molecule has 0 bridgehead atoms. The van der Waals surface area contributed by atoms with Gasteiger partial charge in [-0.25, -0.2) is 0 Å². The first-order valence-electron chi connectivity index (χ1n) is 12.4. The van der Waals surface area contributed by atoms with Gasteiger partial charge in [0.25, 0.3) is 0 Å². The van der Waals surface area contributed by atoms with Crippen molar-refractivity contribution in [1.82, 2.24) is 0 Å². The molecule has 15 N–H and O–H groups in total. The first-order chi connectivity index (χ1) is 17.5. The van der Waals surface area contributed by atoms with Crippen molar-refractivity contribution in [2.24, 2.45) is 46.4 Å². The molecular weight excluding hydrogens is 518 g/mol. The fourth-order valence-electron chi connectivity index (χ4n) is 1.57. The number of aliphatic carboxylic acids is 5. The second kappa shape index (κ2) is 26.7. The molecule has 6 atom stereocenters. The highest BCUT2D eigenvalue weighted by atomic mass is 16.4. The number of hydrogen-bond donors (Lipinski definition) is 10. The van der Waals surface area contributed by atoms with E-state index < -0.39 is 60.1 Å². The van der Waals surface area contributed by atoms with Gasteiger partial charge in [0.05, 0.1) is 0 Å². The van der Waals surface area contributed by atoms with Crippen molar-refractivity contribution in [3.05, 3.63) is 0 Å². The smallest absolute Gasteiger partial charge is 0.320 e. The van der Waals surface area contributed by atoms with Crippen molar-refractivity contribution in [3.8, 4) is 0 Å². The van der Waals surface area contributed by atoms with E-state index in [4.69, 9.17) is 54.2 Å². The molecule has 0 spiro atoms. The van der Waals surface area contributed by atoms with Crippen LogP contribution >= 0.6 is 0 Å². The lowest BCUT2D eigenvalue weighted by molar-refractivity contribution is -0.140. The summed E-state index contributed by atoms with van der Waals surface area (Å²) >= 11 is 0. The Hall–Kier alpha value is -2.85. The van der Waals surface area contributed by atoms with Crippen LogP contribution in [0.4, 0.5) is 0 Å². The van der Waals surface area contributed by atoms with E-state index >= 15 is 0 Å². The lowest BCUT2D eigenvalue weighted by Crippen LogP contribution is -2.36. The number of carboxylic acid groups (broad SMARTS) is 5. The van der Waals surface area contributed by atoms with Crippen molar-refractivity contribution in [3.63, 3.8) is 0 Å². The predicted molar refractivity (Wildman–Crippen MR) is 148 cm³/mol. The minimum Gasteiger partial charge on any atom is -0.480 e. The van der Waals surface area contributed by atoms with Crippen LogP contribution in [0.25, 0.3) is 0 Å². The third kappa shape index (κ3) is 35.1. The molecular formula is C24H53N5O10. The summed E-state index contributed by atoms with van der Waals surface area (Å²) in [6.45, 7) is 14.4. The van der Waals surface area contributed by atoms with Crippen LogP contribution in [0.2, 0.25) is 0 Å². The van der Waals surface area contributed by atoms with Crippen molar-refractivity contribution < 1.29 is 49.5 Å². The maximum Gasteiger partial charge on any atom is 0.320 e. The molecule has 0 saturated carbocycles. The number of rotatable bonds is 11. The summed E-state index contributed by atoms with van der Waals surface area (Å²) in [5.74, 6) is -4.20. The van der Waals surface area contributed by atoms with Crippen molar-refractivity contribution >= 4 is 29.8 Å². The minimum atomic E-state index is -0.963. The predicted octanol–water partition coefficient (Wildman–Crippen LogP) is 0.170. The quantitative estimate of drug-likeness (QED) is 0.158. The zero-order chi connectivity index (χ0) is 32.6. The molecule has 0 aromatic rings. The Kier molecular flexibility index (Phi) is 31.6. The van der Waals surface area contributed by atoms with E-state index in [0.29, 0.717) is 18.8 Å². The van der Waals surface area contributed by atoms with Crippen LogP contribution in [0, 0.1) is 17.8 Å². The fourth-order valence-corrected chi connectivity index (χ4v) is 1.57. The number of hydrogen-bond acceptors (Lipinski definition) is 10. The molecule has 0 saturated heterocycles. The Morgan fingerprint density at radius 2 is 0.872 bits per heavy atom. The van der Waals surface area contributed by atoms with Crippen LogP contribution in [0.1, 0.15) is 74.7 Å². The molecule has 15 nitrogen and oxygen atoms in total. The SMILES string of the molecule is CC(C)C(N)C(=O)O.CC(C)CC(N)C(=O)O.CC(N)C(=O)O.CCC(C)C(N)C(=O)O.CCC(N)C(=O)O. The fraction of sp³-hybridized carbons (Fsp3) is 0.792. The molecule has 0 rings (SSSR count). The van der Waals surface area contributed by atoms with E-state index in [1.54, 1.807) is 20.8 Å². The molecule has 0 aliphatic carbocycles. The Morgan fingerprint density at radius 1 is 0.538 bits per heavy atom. The molecule has 0 aliphatic rings. The monoisotopic (exact) mass is 571 g/mol. The molecule has 0 aromatic carbocycles. The topological polar surface area (TPSA) is 317 Å². The number of carbonyl (C=O) groups is 5. The molecule has 0 aliphatic heterocycles. The van der Waals surface area contributed by atoms with Crippen LogP contribution in [0.5, 0.6) is 0 Å². The van der Waals surface area contributed by atoms with Gasteiger partial charge in [-0.05, 0) is 37.5 Å². The lowest BCUT2D eigenvalue weighted by atomic mass is 10.0. The van der Waals surface area contributed by atoms with Gasteiger partial charge in [0.2, 0.25) is 0 Å². The summed E-state index contributed by atoms with van der Waals surface area (Å²) < 4.78 is 0. The Morgan fingerprint density at radius 3 is 0.923 bits per heavy atom. The molecule has 234 valence electrons. The first-order valence-corrected chi connectivity index (χ1v) is 12.4. The van der Waals surface area contributed by atoms with Crippen molar-refractivity contribution in [1.29, 1.82) is 0 Å². The van der Waals surface area contributed by atoms with E-state index in [1.807, 2.05) is 27.7 Å². The second-order valence-electron chi connectivity index (χ2n) is 9.41. The average Bonchev–Trinajstić information content (AvgIpc) is 2.82. The first kappa shape index (κ1) is 46.0. The van der Waals surface area contributed by atoms with Crippen LogP contribution in [-0.2, 0) is 24.0 Å². The normalized spacial score (nSPS) is 14.4. The van der Waals surface area contributed by atoms with Gasteiger partial charge < -0.3 is 54.2 Å². The number of carboxylic acids is 5. The second-order valence-corrected chi connectivity index (χ2v) is 9.41. The highest BCUT2D eigenvalue weighted by Crippen LogP contribution is 2.04. The largest absolute Gasteiger partial charge is 0.480 e. The van der Waals surface area contributed by atoms with Crippen LogP contribution in [0.15, 0.2) is 0 Å². The summed E-state index contributed by atoms with van der Waals surface area (Å²) in [6.07, 6.45) is 1.86. The summed E-state index contributed by atoms with van der Waals surface area (Å²) in [5, 5.41) is 40.8. The van der Waals surface area contributed by atoms with Gasteiger partial charge in [0.1, 0.15) is 30.2 Å². The summed E-state index contributed by atoms with van der Waals surface area (Å²) in [5.41, 5.74) is 25.5. The molecule has 39 heavy (non-hydrogen) atoms. The van der Waals surface area contributed by atoms with E-state index in [2.05, 4.69) is 0 Å². The lowest BCUT2D eigenvalue weighted by Gasteiger charge is -2.11. The average molecular weight is 572 g/mol. The van der Waals surface area contributed by atoms with Crippen LogP contribution < -0.4 is 28.7 Å². The standard InChI is InChI=1S/2C6H13NO2.C5H11NO2.C4H9NO2.C3H7NO2/c1-4(2)3-5(7)6(8)9;1-3-4(2)5(7)6(8)9;1-3(2)4(6)5(7)8;1-2-3(5)4(6)7;1-2(4)3(5)6/h2*4-5H,3,7H2,1-2H3,(H,8,9);3-4H,6H2,1-2H3,(H,7,8);3H,2,5H2,1H3,(H,6,7);2H,4H2,1H3,(H,5,6). The molecule has 0 heterocycles. The van der Waals surface area contributed by atoms with Gasteiger partial charge in [-0.1, -0.05) is 54.9 Å². The van der Waals surface area contributed by atoms with E-state index in [-0.39, 0.29) is 11.8 Å². The van der Waals surface area contributed by atoms with Gasteiger partial charge >= 0.3 is 29.8 Å². The summed E-state index contributed by atoms with van der Waals surface area (Å²) in [6, 6.07) is -3.51. The van der Waals surface area contributed by atoms with Crippen LogP contribution in [0.3, 0.4) is 0 Å². The van der Waals surface area contributed by atoms with E-state index in [0.717, 1.165) is 6.42 Å². The highest BCUT2D eigenvalue weighted by molar-refractivity contribution is 5.74. The van der Waals surface area contributed by atoms with Gasteiger partial charge in [-0.3, -0.25) is 24.0 Å². The third-order valence-electron chi connectivity index (χ3n) is 4.73. The molecule has 0 aromatic heterocycles. The van der Waals surface area contributed by atoms with Gasteiger partial charge in [0, 0.05) is 0 Å². The van der Waals surface area contributed by atoms with Gasteiger partial charge in [-0.2, -0.15) is 0 Å². The maximum absolute atomic E-state index is 10.2. The van der Waals surface area contributed by atoms with E-state index in [1.165, 1.54) is 6.92 Å². The maximum atomic E-state index is 10.2. The molecule has 0 fully saturated rings. The van der Waals surface area contributed by atoms with Gasteiger partial charge in [0.15, 0.2) is 0 Å².